The average Bonchev–Trinajstić information content (AvgIpc) is 2.67. The third kappa shape index (κ3) is 1.46. The van der Waals surface area contributed by atoms with Crippen LogP contribution in [0.4, 0.5) is 10.1 Å². The summed E-state index contributed by atoms with van der Waals surface area (Å²) in [5, 5.41) is 9.77. The fourth-order valence-corrected chi connectivity index (χ4v) is 1.31. The molecule has 2 aromatic rings. The summed E-state index contributed by atoms with van der Waals surface area (Å²) in [4.78, 5) is 0. The van der Waals surface area contributed by atoms with Gasteiger partial charge in [0, 0.05) is 12.6 Å². The number of halogens is 1. The highest BCUT2D eigenvalue weighted by Crippen LogP contribution is 2.24. The van der Waals surface area contributed by atoms with Crippen LogP contribution in [0, 0.1) is 5.82 Å². The minimum atomic E-state index is -0.237. The van der Waals surface area contributed by atoms with Crippen molar-refractivity contribution in [3.63, 3.8) is 0 Å². The lowest BCUT2D eigenvalue weighted by Gasteiger charge is -2.01. The van der Waals surface area contributed by atoms with Crippen LogP contribution in [0.15, 0.2) is 30.5 Å². The van der Waals surface area contributed by atoms with Gasteiger partial charge in [-0.15, -0.1) is 0 Å². The average molecular weight is 191 g/mol. The molecule has 0 spiro atoms. The Morgan fingerprint density at radius 1 is 1.29 bits per heavy atom. The molecule has 0 unspecified atom stereocenters. The number of anilines is 1. The Morgan fingerprint density at radius 2 is 2.00 bits per heavy atom. The van der Waals surface area contributed by atoms with Crippen LogP contribution in [0.3, 0.4) is 0 Å². The molecule has 0 aliphatic carbocycles. The molecule has 1 heterocycles. The van der Waals surface area contributed by atoms with E-state index >= 15 is 0 Å². The number of hydrogen-bond acceptors (Lipinski definition) is 2. The normalized spacial score (nSPS) is 10.1. The van der Waals surface area contributed by atoms with Crippen LogP contribution in [-0.4, -0.2) is 17.2 Å². The van der Waals surface area contributed by atoms with Crippen LogP contribution in [-0.2, 0) is 0 Å². The molecule has 0 saturated heterocycles. The number of nitrogens with one attached hydrogen (secondary N) is 2. The summed E-state index contributed by atoms with van der Waals surface area (Å²) in [6.07, 6.45) is 1.69. The Bertz CT molecular complexity index is 419. The third-order valence-corrected chi connectivity index (χ3v) is 2.04. The molecule has 1 aromatic heterocycles. The first-order valence-electron chi connectivity index (χ1n) is 4.28. The number of nitrogens with zero attached hydrogens (tertiary/aromatic N) is 1. The largest absolute Gasteiger partial charge is 0.385 e. The Balaban J connectivity index is 2.44. The summed E-state index contributed by atoms with van der Waals surface area (Å²) < 4.78 is 12.7. The molecule has 0 aliphatic rings. The van der Waals surface area contributed by atoms with Crippen LogP contribution < -0.4 is 5.32 Å². The van der Waals surface area contributed by atoms with Gasteiger partial charge in [-0.1, -0.05) is 0 Å². The van der Waals surface area contributed by atoms with E-state index < -0.39 is 0 Å². The maximum Gasteiger partial charge on any atom is 0.123 e. The quantitative estimate of drug-likeness (QED) is 0.764. The van der Waals surface area contributed by atoms with E-state index in [1.807, 2.05) is 7.05 Å². The lowest BCUT2D eigenvalue weighted by Crippen LogP contribution is -1.88. The highest BCUT2D eigenvalue weighted by atomic mass is 19.1. The summed E-state index contributed by atoms with van der Waals surface area (Å²) >= 11 is 0. The van der Waals surface area contributed by atoms with Gasteiger partial charge >= 0.3 is 0 Å². The zero-order valence-electron chi connectivity index (χ0n) is 7.71. The van der Waals surface area contributed by atoms with Crippen molar-refractivity contribution >= 4 is 5.69 Å². The van der Waals surface area contributed by atoms with Crippen molar-refractivity contribution in [1.82, 2.24) is 10.2 Å². The minimum Gasteiger partial charge on any atom is -0.385 e. The standard InChI is InChI=1S/C10H10FN3/c1-12-9-6-13-14-10(9)7-2-4-8(11)5-3-7/h2-6,12H,1H3,(H,13,14). The van der Waals surface area contributed by atoms with Crippen molar-refractivity contribution in [2.75, 3.05) is 12.4 Å². The van der Waals surface area contributed by atoms with Gasteiger partial charge in [0.15, 0.2) is 0 Å². The Kier molecular flexibility index (Phi) is 2.18. The predicted molar refractivity (Wildman–Crippen MR) is 53.5 cm³/mol. The molecular weight excluding hydrogens is 181 g/mol. The summed E-state index contributed by atoms with van der Waals surface area (Å²) in [7, 11) is 1.82. The Morgan fingerprint density at radius 3 is 2.64 bits per heavy atom. The van der Waals surface area contributed by atoms with Crippen LogP contribution in [0.5, 0.6) is 0 Å². The first-order chi connectivity index (χ1) is 6.81. The van der Waals surface area contributed by atoms with E-state index in [1.54, 1.807) is 18.3 Å². The fourth-order valence-electron chi connectivity index (χ4n) is 1.31. The number of hydrogen-bond donors (Lipinski definition) is 2. The van der Waals surface area contributed by atoms with Crippen LogP contribution in [0.1, 0.15) is 0 Å². The molecular formula is C10H10FN3. The number of aromatic amines is 1. The molecule has 0 fully saturated rings. The highest BCUT2D eigenvalue weighted by Gasteiger charge is 2.05. The molecule has 0 atom stereocenters. The van der Waals surface area contributed by atoms with Gasteiger partial charge in [-0.25, -0.2) is 4.39 Å². The van der Waals surface area contributed by atoms with Crippen molar-refractivity contribution in [2.45, 2.75) is 0 Å². The van der Waals surface area contributed by atoms with Crippen molar-refractivity contribution in [1.29, 1.82) is 0 Å². The second kappa shape index (κ2) is 3.49. The van der Waals surface area contributed by atoms with Crippen LogP contribution in [0.25, 0.3) is 11.3 Å². The molecule has 0 amide bonds. The number of rotatable bonds is 2. The summed E-state index contributed by atoms with van der Waals surface area (Å²) in [6.45, 7) is 0. The molecule has 0 aliphatic heterocycles. The van der Waals surface area contributed by atoms with E-state index in [1.165, 1.54) is 12.1 Å². The Hall–Kier alpha value is -1.84. The van der Waals surface area contributed by atoms with Gasteiger partial charge in [0.2, 0.25) is 0 Å². The van der Waals surface area contributed by atoms with Gasteiger partial charge in [0.05, 0.1) is 17.6 Å². The monoisotopic (exact) mass is 191 g/mol. The number of benzene rings is 1. The molecule has 0 saturated carbocycles. The van der Waals surface area contributed by atoms with Gasteiger partial charge in [-0.2, -0.15) is 5.10 Å². The van der Waals surface area contributed by atoms with Gasteiger partial charge in [-0.05, 0) is 24.3 Å². The molecule has 4 heteroatoms. The Labute approximate surface area is 81.0 Å². The SMILES string of the molecule is CNc1cn[nH]c1-c1ccc(F)cc1. The van der Waals surface area contributed by atoms with Crippen molar-refractivity contribution < 1.29 is 4.39 Å². The smallest absolute Gasteiger partial charge is 0.123 e. The summed E-state index contributed by atoms with van der Waals surface area (Å²) in [6, 6.07) is 6.28. The maximum atomic E-state index is 12.7. The van der Waals surface area contributed by atoms with E-state index in [-0.39, 0.29) is 5.82 Å². The van der Waals surface area contributed by atoms with Gasteiger partial charge in [-0.3, -0.25) is 5.10 Å². The number of aromatic nitrogens is 2. The highest BCUT2D eigenvalue weighted by molar-refractivity contribution is 5.73. The van der Waals surface area contributed by atoms with Crippen molar-refractivity contribution in [3.05, 3.63) is 36.3 Å². The second-order valence-electron chi connectivity index (χ2n) is 2.92. The zero-order chi connectivity index (χ0) is 9.97. The molecule has 0 bridgehead atoms. The van der Waals surface area contributed by atoms with E-state index in [9.17, 15) is 4.39 Å². The van der Waals surface area contributed by atoms with E-state index in [4.69, 9.17) is 0 Å². The van der Waals surface area contributed by atoms with E-state index in [0.29, 0.717) is 0 Å². The summed E-state index contributed by atoms with van der Waals surface area (Å²) in [5.41, 5.74) is 2.68. The molecule has 3 nitrogen and oxygen atoms in total. The molecule has 2 rings (SSSR count). The van der Waals surface area contributed by atoms with Crippen molar-refractivity contribution in [3.8, 4) is 11.3 Å². The van der Waals surface area contributed by atoms with Crippen LogP contribution in [0.2, 0.25) is 0 Å². The molecule has 72 valence electrons. The predicted octanol–water partition coefficient (Wildman–Crippen LogP) is 2.26. The first-order valence-corrected chi connectivity index (χ1v) is 4.28. The second-order valence-corrected chi connectivity index (χ2v) is 2.92. The third-order valence-electron chi connectivity index (χ3n) is 2.04. The minimum absolute atomic E-state index is 0.237. The lowest BCUT2D eigenvalue weighted by molar-refractivity contribution is 0.628. The van der Waals surface area contributed by atoms with Crippen molar-refractivity contribution in [2.24, 2.45) is 0 Å². The molecule has 14 heavy (non-hydrogen) atoms. The molecule has 0 radical (unpaired) electrons. The van der Waals surface area contributed by atoms with Gasteiger partial charge < -0.3 is 5.32 Å². The van der Waals surface area contributed by atoms with Gasteiger partial charge in [0.25, 0.3) is 0 Å². The lowest BCUT2D eigenvalue weighted by atomic mass is 10.1. The number of H-pyrrole nitrogens is 1. The topological polar surface area (TPSA) is 40.7 Å². The molecule has 1 aromatic carbocycles. The fraction of sp³-hybridized carbons (Fsp3) is 0.100. The zero-order valence-corrected chi connectivity index (χ0v) is 7.71. The van der Waals surface area contributed by atoms with Gasteiger partial charge in [0.1, 0.15) is 5.82 Å². The summed E-state index contributed by atoms with van der Waals surface area (Å²) in [5.74, 6) is -0.237. The molecule has 2 N–H and O–H groups in total. The van der Waals surface area contributed by atoms with Crippen LogP contribution >= 0.6 is 0 Å². The maximum absolute atomic E-state index is 12.7. The van der Waals surface area contributed by atoms with E-state index in [2.05, 4.69) is 15.5 Å². The first kappa shape index (κ1) is 8.74. The van der Waals surface area contributed by atoms with E-state index in [0.717, 1.165) is 16.9 Å².